The maximum absolute atomic E-state index is 13.1. The first-order valence-corrected chi connectivity index (χ1v) is 11.1. The van der Waals surface area contributed by atoms with Crippen LogP contribution in [-0.4, -0.2) is 44.9 Å². The molecule has 4 atom stereocenters. The molecule has 3 heterocycles. The van der Waals surface area contributed by atoms with Gasteiger partial charge < -0.3 is 15.4 Å². The van der Waals surface area contributed by atoms with Gasteiger partial charge in [0.15, 0.2) is 0 Å². The average Bonchev–Trinajstić information content (AvgIpc) is 3.38. The summed E-state index contributed by atoms with van der Waals surface area (Å²) >= 11 is 0. The molecule has 0 spiro atoms. The van der Waals surface area contributed by atoms with Gasteiger partial charge in [0.1, 0.15) is 12.7 Å². The molecule has 2 fully saturated rings. The molecule has 0 aliphatic carbocycles. The lowest BCUT2D eigenvalue weighted by Gasteiger charge is -2.39. The van der Waals surface area contributed by atoms with Crippen molar-refractivity contribution in [3.63, 3.8) is 0 Å². The highest BCUT2D eigenvalue weighted by atomic mass is 19.4. The maximum Gasteiger partial charge on any atom is 0.416 e. The van der Waals surface area contributed by atoms with Gasteiger partial charge in [-0.15, -0.1) is 0 Å². The quantitative estimate of drug-likeness (QED) is 0.563. The fourth-order valence-corrected chi connectivity index (χ4v) is 4.94. The van der Waals surface area contributed by atoms with Gasteiger partial charge in [-0.2, -0.15) is 31.4 Å². The molecule has 2 aliphatic heterocycles. The van der Waals surface area contributed by atoms with E-state index in [9.17, 15) is 31.1 Å². The lowest BCUT2D eigenvalue weighted by molar-refractivity contribution is -0.143. The van der Waals surface area contributed by atoms with Gasteiger partial charge in [-0.05, 0) is 49.9 Å². The number of nitrogens with one attached hydrogen (secondary N) is 2. The second kappa shape index (κ2) is 9.41. The van der Waals surface area contributed by atoms with Crippen molar-refractivity contribution in [2.75, 3.05) is 6.54 Å². The van der Waals surface area contributed by atoms with Crippen LogP contribution in [0.15, 0.2) is 30.9 Å². The fraction of sp³-hybridized carbons (Fsp3) is 0.591. The predicted molar refractivity (Wildman–Crippen MR) is 111 cm³/mol. The number of carbonyl (C=O) groups is 1. The van der Waals surface area contributed by atoms with Crippen molar-refractivity contribution >= 4 is 5.91 Å². The number of piperidine rings is 1. The van der Waals surface area contributed by atoms with Gasteiger partial charge in [0.2, 0.25) is 5.91 Å². The number of aromatic nitrogens is 3. The number of amides is 1. The van der Waals surface area contributed by atoms with Gasteiger partial charge in [-0.1, -0.05) is 0 Å². The molecule has 7 nitrogen and oxygen atoms in total. The molecule has 1 aromatic heterocycles. The normalized spacial score (nSPS) is 26.7. The minimum absolute atomic E-state index is 0.0865. The van der Waals surface area contributed by atoms with Crippen LogP contribution in [0.25, 0.3) is 0 Å². The SMILES string of the molecule is CC12CC(C(=O)NCCn3cncn3)C(CCC1OCc1cc(C(F)(F)F)cc(C(F)(F)F)c1)N2. The Hall–Kier alpha value is -2.67. The van der Waals surface area contributed by atoms with Crippen LogP contribution in [0.3, 0.4) is 0 Å². The topological polar surface area (TPSA) is 81.1 Å². The van der Waals surface area contributed by atoms with E-state index < -0.39 is 41.7 Å². The zero-order valence-electron chi connectivity index (χ0n) is 18.8. The van der Waals surface area contributed by atoms with Crippen LogP contribution in [0, 0.1) is 5.92 Å². The predicted octanol–water partition coefficient (Wildman–Crippen LogP) is 3.55. The number of fused-ring (bicyclic) bond motifs is 2. The van der Waals surface area contributed by atoms with E-state index in [-0.39, 0.29) is 29.5 Å². The molecular formula is C22H25F6N5O2. The van der Waals surface area contributed by atoms with Gasteiger partial charge in [-0.25, -0.2) is 4.98 Å². The molecule has 192 valence electrons. The summed E-state index contributed by atoms with van der Waals surface area (Å²) in [5, 5.41) is 10.2. The van der Waals surface area contributed by atoms with Gasteiger partial charge in [0, 0.05) is 18.1 Å². The van der Waals surface area contributed by atoms with Crippen LogP contribution in [0.1, 0.15) is 42.9 Å². The Labute approximate surface area is 197 Å². The zero-order chi connectivity index (χ0) is 25.4. The summed E-state index contributed by atoms with van der Waals surface area (Å²) in [7, 11) is 0. The Bertz CT molecular complexity index is 1010. The summed E-state index contributed by atoms with van der Waals surface area (Å²) in [6.07, 6.45) is -5.80. The lowest BCUT2D eigenvalue weighted by Crippen LogP contribution is -2.55. The third kappa shape index (κ3) is 5.77. The van der Waals surface area contributed by atoms with Crippen LogP contribution in [-0.2, 0) is 35.0 Å². The van der Waals surface area contributed by atoms with E-state index in [2.05, 4.69) is 20.7 Å². The minimum Gasteiger partial charge on any atom is -0.372 e. The van der Waals surface area contributed by atoms with Crippen molar-refractivity contribution in [2.45, 2.75) is 69.4 Å². The molecule has 13 heteroatoms. The molecule has 2 aliphatic rings. The Kier molecular flexibility index (Phi) is 6.84. The largest absolute Gasteiger partial charge is 0.416 e. The molecule has 1 aromatic carbocycles. The third-order valence-electron chi connectivity index (χ3n) is 6.64. The van der Waals surface area contributed by atoms with E-state index in [0.29, 0.717) is 44.5 Å². The monoisotopic (exact) mass is 505 g/mol. The van der Waals surface area contributed by atoms with Crippen LogP contribution in [0.2, 0.25) is 0 Å². The molecule has 0 saturated carbocycles. The van der Waals surface area contributed by atoms with E-state index in [1.54, 1.807) is 11.0 Å². The summed E-state index contributed by atoms with van der Waals surface area (Å²) in [5.74, 6) is -0.450. The molecule has 35 heavy (non-hydrogen) atoms. The molecule has 1 amide bonds. The van der Waals surface area contributed by atoms with Crippen molar-refractivity contribution in [1.82, 2.24) is 25.4 Å². The number of alkyl halides is 6. The number of halogens is 6. The number of nitrogens with zero attached hydrogens (tertiary/aromatic N) is 3. The number of benzene rings is 1. The molecule has 2 saturated heterocycles. The number of rotatable bonds is 7. The zero-order valence-corrected chi connectivity index (χ0v) is 18.8. The van der Waals surface area contributed by atoms with E-state index in [4.69, 9.17) is 4.74 Å². The first kappa shape index (κ1) is 25.4. The van der Waals surface area contributed by atoms with Crippen LogP contribution in [0.4, 0.5) is 26.3 Å². The van der Waals surface area contributed by atoms with Crippen LogP contribution < -0.4 is 10.6 Å². The summed E-state index contributed by atoms with van der Waals surface area (Å²) in [6.45, 7) is 2.30. The highest BCUT2D eigenvalue weighted by Crippen LogP contribution is 2.42. The molecule has 2 bridgehead atoms. The standard InChI is InChI=1S/C22H25F6N5O2/c1-20-9-16(19(34)30-4-5-33-12-29-11-31-33)17(32-20)2-3-18(20)35-10-13-6-14(21(23,24)25)8-15(7-13)22(26,27)28/h6-8,11-12,16-18,32H,2-5,9-10H2,1H3,(H,30,34). The second-order valence-corrected chi connectivity index (χ2v) is 9.22. The lowest BCUT2D eigenvalue weighted by atomic mass is 9.88. The number of carbonyl (C=O) groups excluding carboxylic acids is 1. The average molecular weight is 505 g/mol. The number of hydrogen-bond acceptors (Lipinski definition) is 5. The number of hydrogen-bond donors (Lipinski definition) is 2. The highest BCUT2D eigenvalue weighted by molar-refractivity contribution is 5.80. The molecule has 4 unspecified atom stereocenters. The van der Waals surface area contributed by atoms with Crippen LogP contribution >= 0.6 is 0 Å². The van der Waals surface area contributed by atoms with Gasteiger partial charge in [-0.3, -0.25) is 9.48 Å². The van der Waals surface area contributed by atoms with Crippen molar-refractivity contribution in [3.05, 3.63) is 47.5 Å². The molecule has 0 radical (unpaired) electrons. The summed E-state index contributed by atoms with van der Waals surface area (Å²) in [4.78, 5) is 16.6. The molecule has 2 N–H and O–H groups in total. The van der Waals surface area contributed by atoms with E-state index >= 15 is 0 Å². The number of ether oxygens (including phenoxy) is 1. The molecule has 4 rings (SSSR count). The van der Waals surface area contributed by atoms with Crippen molar-refractivity contribution < 1.29 is 35.9 Å². The highest BCUT2D eigenvalue weighted by Gasteiger charge is 2.52. The van der Waals surface area contributed by atoms with Gasteiger partial charge >= 0.3 is 12.4 Å². The van der Waals surface area contributed by atoms with Crippen molar-refractivity contribution in [1.29, 1.82) is 0 Å². The minimum atomic E-state index is -4.92. The van der Waals surface area contributed by atoms with Crippen LogP contribution in [0.5, 0.6) is 0 Å². The summed E-state index contributed by atoms with van der Waals surface area (Å²) in [6, 6.07) is 1.37. The fourth-order valence-electron chi connectivity index (χ4n) is 4.94. The van der Waals surface area contributed by atoms with Gasteiger partial charge in [0.05, 0.1) is 36.3 Å². The van der Waals surface area contributed by atoms with Crippen molar-refractivity contribution in [3.8, 4) is 0 Å². The Morgan fingerprint density at radius 1 is 1.17 bits per heavy atom. The molecule has 2 aromatic rings. The summed E-state index contributed by atoms with van der Waals surface area (Å²) < 4.78 is 86.3. The third-order valence-corrected chi connectivity index (χ3v) is 6.64. The molecular weight excluding hydrogens is 480 g/mol. The first-order valence-electron chi connectivity index (χ1n) is 11.1. The van der Waals surface area contributed by atoms with E-state index in [0.717, 1.165) is 0 Å². The Morgan fingerprint density at radius 3 is 2.46 bits per heavy atom. The maximum atomic E-state index is 13.1. The van der Waals surface area contributed by atoms with E-state index in [1.807, 2.05) is 6.92 Å². The van der Waals surface area contributed by atoms with Gasteiger partial charge in [0.25, 0.3) is 0 Å². The van der Waals surface area contributed by atoms with Crippen molar-refractivity contribution in [2.24, 2.45) is 5.92 Å². The first-order chi connectivity index (χ1) is 16.3. The Morgan fingerprint density at radius 2 is 1.86 bits per heavy atom. The van der Waals surface area contributed by atoms with E-state index in [1.165, 1.54) is 6.33 Å². The second-order valence-electron chi connectivity index (χ2n) is 9.22. The summed E-state index contributed by atoms with van der Waals surface area (Å²) in [5.41, 5.74) is -3.59. The Balaban J connectivity index is 1.39. The smallest absolute Gasteiger partial charge is 0.372 e.